The zero-order chi connectivity index (χ0) is 25.9. The van der Waals surface area contributed by atoms with E-state index >= 15 is 0 Å². The SMILES string of the molecule is COCCN1C(=O)C(=O)C(=C(O)c2ccc(S(=O)(=O)N3CCOCC3)cc2)[C@H]1c1ccc(OC)cc1. The van der Waals surface area contributed by atoms with Crippen molar-refractivity contribution in [1.29, 1.82) is 0 Å². The molecule has 0 aliphatic carbocycles. The van der Waals surface area contributed by atoms with Crippen molar-refractivity contribution >= 4 is 27.5 Å². The third kappa shape index (κ3) is 4.87. The maximum Gasteiger partial charge on any atom is 0.295 e. The van der Waals surface area contributed by atoms with Gasteiger partial charge in [0.15, 0.2) is 0 Å². The fraction of sp³-hybridized carbons (Fsp3) is 0.360. The van der Waals surface area contributed by atoms with Crippen LogP contribution in [0.4, 0.5) is 0 Å². The number of benzene rings is 2. The summed E-state index contributed by atoms with van der Waals surface area (Å²) in [6.45, 7) is 1.52. The van der Waals surface area contributed by atoms with Crippen LogP contribution in [0.3, 0.4) is 0 Å². The first-order valence-corrected chi connectivity index (χ1v) is 12.8. The van der Waals surface area contributed by atoms with Gasteiger partial charge in [0.1, 0.15) is 11.5 Å². The molecule has 0 radical (unpaired) electrons. The lowest BCUT2D eigenvalue weighted by molar-refractivity contribution is -0.140. The highest BCUT2D eigenvalue weighted by molar-refractivity contribution is 7.89. The van der Waals surface area contributed by atoms with E-state index in [0.717, 1.165) is 0 Å². The van der Waals surface area contributed by atoms with E-state index in [2.05, 4.69) is 0 Å². The van der Waals surface area contributed by atoms with E-state index in [1.165, 1.54) is 47.7 Å². The predicted molar refractivity (Wildman–Crippen MR) is 130 cm³/mol. The van der Waals surface area contributed by atoms with Crippen LogP contribution in [0, 0.1) is 0 Å². The van der Waals surface area contributed by atoms with E-state index in [4.69, 9.17) is 14.2 Å². The van der Waals surface area contributed by atoms with Crippen LogP contribution in [0.2, 0.25) is 0 Å². The van der Waals surface area contributed by atoms with Crippen LogP contribution < -0.4 is 4.74 Å². The Bertz CT molecular complexity index is 1250. The van der Waals surface area contributed by atoms with Gasteiger partial charge in [-0.05, 0) is 42.0 Å². The molecule has 0 unspecified atom stereocenters. The van der Waals surface area contributed by atoms with Gasteiger partial charge >= 0.3 is 0 Å². The topological polar surface area (TPSA) is 123 Å². The number of amides is 1. The van der Waals surface area contributed by atoms with Gasteiger partial charge in [0, 0.05) is 32.3 Å². The largest absolute Gasteiger partial charge is 0.507 e. The molecule has 11 heteroatoms. The van der Waals surface area contributed by atoms with Crippen molar-refractivity contribution < 1.29 is 37.3 Å². The lowest BCUT2D eigenvalue weighted by Gasteiger charge is -2.26. The van der Waals surface area contributed by atoms with Crippen molar-refractivity contribution in [1.82, 2.24) is 9.21 Å². The highest BCUT2D eigenvalue weighted by atomic mass is 32.2. The molecule has 2 aromatic carbocycles. The number of Topliss-reactive ketones (excluding diaryl/α,β-unsaturated/α-hetero) is 1. The Morgan fingerprint density at radius 1 is 1.03 bits per heavy atom. The predicted octanol–water partition coefficient (Wildman–Crippen LogP) is 1.78. The third-order valence-corrected chi connectivity index (χ3v) is 8.16. The molecule has 4 rings (SSSR count). The number of hydrogen-bond donors (Lipinski definition) is 1. The number of hydrogen-bond acceptors (Lipinski definition) is 8. The average Bonchev–Trinajstić information content (AvgIpc) is 3.17. The van der Waals surface area contributed by atoms with Gasteiger partial charge in [0.2, 0.25) is 10.0 Å². The minimum absolute atomic E-state index is 0.0631. The number of ketones is 1. The summed E-state index contributed by atoms with van der Waals surface area (Å²) in [5.41, 5.74) is 0.753. The lowest BCUT2D eigenvalue weighted by Crippen LogP contribution is -2.40. The normalized spacial score (nSPS) is 20.6. The van der Waals surface area contributed by atoms with Crippen molar-refractivity contribution in [3.05, 3.63) is 65.2 Å². The van der Waals surface area contributed by atoms with Crippen molar-refractivity contribution in [3.8, 4) is 5.75 Å². The molecular formula is C25H28N2O8S. The first-order chi connectivity index (χ1) is 17.3. The molecule has 10 nitrogen and oxygen atoms in total. The number of rotatable bonds is 8. The number of ether oxygens (including phenoxy) is 3. The number of sulfonamides is 1. The molecule has 2 aromatic rings. The summed E-state index contributed by atoms with van der Waals surface area (Å²) in [6.07, 6.45) is 0. The molecule has 2 aliphatic heterocycles. The maximum absolute atomic E-state index is 13.0. The zero-order valence-corrected chi connectivity index (χ0v) is 20.9. The monoisotopic (exact) mass is 516 g/mol. The number of likely N-dealkylation sites (tertiary alicyclic amines) is 1. The molecular weight excluding hydrogens is 488 g/mol. The van der Waals surface area contributed by atoms with Gasteiger partial charge in [-0.2, -0.15) is 4.31 Å². The van der Waals surface area contributed by atoms with Gasteiger partial charge in [-0.3, -0.25) is 9.59 Å². The van der Waals surface area contributed by atoms with Crippen LogP contribution in [0.5, 0.6) is 5.75 Å². The third-order valence-electron chi connectivity index (χ3n) is 6.24. The summed E-state index contributed by atoms with van der Waals surface area (Å²) in [4.78, 5) is 27.3. The second-order valence-electron chi connectivity index (χ2n) is 8.30. The Kier molecular flexibility index (Phi) is 7.74. The number of nitrogens with zero attached hydrogens (tertiary/aromatic N) is 2. The highest BCUT2D eigenvalue weighted by Crippen LogP contribution is 2.39. The first-order valence-electron chi connectivity index (χ1n) is 11.4. The van der Waals surface area contributed by atoms with Crippen LogP contribution in [-0.2, 0) is 29.1 Å². The summed E-state index contributed by atoms with van der Waals surface area (Å²) in [5, 5.41) is 11.2. The zero-order valence-electron chi connectivity index (χ0n) is 20.0. The van der Waals surface area contributed by atoms with Gasteiger partial charge in [-0.15, -0.1) is 0 Å². The molecule has 36 heavy (non-hydrogen) atoms. The standard InChI is InChI=1S/C25H28N2O8S/c1-33-14-13-27-22(17-3-7-19(34-2)8-4-17)21(24(29)25(27)30)23(28)18-5-9-20(10-6-18)36(31,32)26-11-15-35-16-12-26/h3-10,22,28H,11-16H2,1-2H3/t22-/m1/s1. The molecule has 2 aliphatic rings. The van der Waals surface area contributed by atoms with E-state index in [1.807, 2.05) is 0 Å². The summed E-state index contributed by atoms with van der Waals surface area (Å²) in [6, 6.07) is 11.6. The Hall–Kier alpha value is -3.25. The molecule has 2 saturated heterocycles. The van der Waals surface area contributed by atoms with E-state index in [0.29, 0.717) is 24.5 Å². The molecule has 1 atom stereocenters. The van der Waals surface area contributed by atoms with Gasteiger partial charge in [-0.25, -0.2) is 8.42 Å². The Morgan fingerprint density at radius 3 is 2.25 bits per heavy atom. The molecule has 0 saturated carbocycles. The van der Waals surface area contributed by atoms with Crippen LogP contribution in [0.1, 0.15) is 17.2 Å². The first kappa shape index (κ1) is 25.8. The minimum Gasteiger partial charge on any atom is -0.507 e. The quantitative estimate of drug-likeness (QED) is 0.320. The van der Waals surface area contributed by atoms with Crippen LogP contribution in [-0.4, -0.2) is 88.1 Å². The van der Waals surface area contributed by atoms with Crippen molar-refractivity contribution in [2.75, 3.05) is 53.7 Å². The van der Waals surface area contributed by atoms with Gasteiger partial charge < -0.3 is 24.2 Å². The molecule has 0 spiro atoms. The Morgan fingerprint density at radius 2 is 1.67 bits per heavy atom. The number of morpholine rings is 1. The number of aliphatic hydroxyl groups excluding tert-OH is 1. The van der Waals surface area contributed by atoms with E-state index in [1.54, 1.807) is 24.3 Å². The van der Waals surface area contributed by atoms with Crippen LogP contribution in [0.25, 0.3) is 5.76 Å². The Labute approximate surface area is 209 Å². The van der Waals surface area contributed by atoms with Crippen molar-refractivity contribution in [2.45, 2.75) is 10.9 Å². The summed E-state index contributed by atoms with van der Waals surface area (Å²) in [7, 11) is -0.700. The van der Waals surface area contributed by atoms with Gasteiger partial charge in [0.25, 0.3) is 11.7 Å². The summed E-state index contributed by atoms with van der Waals surface area (Å²) < 4.78 is 42.7. The smallest absolute Gasteiger partial charge is 0.295 e. The number of methoxy groups -OCH3 is 2. The number of carbonyl (C=O) groups excluding carboxylic acids is 2. The molecule has 1 N–H and O–H groups in total. The second-order valence-corrected chi connectivity index (χ2v) is 10.2. The molecule has 192 valence electrons. The highest BCUT2D eigenvalue weighted by Gasteiger charge is 2.45. The van der Waals surface area contributed by atoms with Crippen LogP contribution in [0.15, 0.2) is 59.0 Å². The van der Waals surface area contributed by atoms with Crippen molar-refractivity contribution in [2.24, 2.45) is 0 Å². The van der Waals surface area contributed by atoms with E-state index < -0.39 is 27.8 Å². The molecule has 0 aromatic heterocycles. The number of aliphatic hydroxyl groups is 1. The molecule has 2 heterocycles. The van der Waals surface area contributed by atoms with E-state index in [-0.39, 0.29) is 48.0 Å². The molecule has 1 amide bonds. The minimum atomic E-state index is -3.72. The average molecular weight is 517 g/mol. The van der Waals surface area contributed by atoms with E-state index in [9.17, 15) is 23.1 Å². The molecule has 0 bridgehead atoms. The Balaban J connectivity index is 1.73. The lowest BCUT2D eigenvalue weighted by atomic mass is 9.95. The fourth-order valence-corrected chi connectivity index (χ4v) is 5.72. The van der Waals surface area contributed by atoms with Crippen molar-refractivity contribution in [3.63, 3.8) is 0 Å². The fourth-order valence-electron chi connectivity index (χ4n) is 4.31. The van der Waals surface area contributed by atoms with Gasteiger partial charge in [0.05, 0.1) is 43.4 Å². The summed E-state index contributed by atoms with van der Waals surface area (Å²) in [5.74, 6) is -1.36. The van der Waals surface area contributed by atoms with Crippen LogP contribution >= 0.6 is 0 Å². The second kappa shape index (κ2) is 10.8. The molecule has 2 fully saturated rings. The summed E-state index contributed by atoms with van der Waals surface area (Å²) >= 11 is 0. The maximum atomic E-state index is 13.0. The van der Waals surface area contributed by atoms with Gasteiger partial charge in [-0.1, -0.05) is 12.1 Å². The number of carbonyl (C=O) groups is 2.